The standard InChI is InChI=1S/C29H35ClN4O6/c1-3-24(18-8-10-19(11-9-18)28(36)37)32-29(38)34-17-26(33-40-23-6-4-5-7-23)31-16-21(27(34)35)14-20-15-22(30)12-13-25(20)39-2/h8-13,15,21,23-24H,3-7,14,16-17H2,1-2H3,(H,31,33)(H,32,38)(H,36,37)/t21-,24-/m1/s1. The number of methoxy groups -OCH3 is 1. The number of nitrogens with zero attached hydrogens (tertiary/aromatic N) is 2. The Morgan fingerprint density at radius 3 is 2.58 bits per heavy atom. The van der Waals surface area contributed by atoms with Crippen LogP contribution in [0.2, 0.25) is 5.02 Å². The normalized spacial score (nSPS) is 19.6. The van der Waals surface area contributed by atoms with Crippen LogP contribution in [-0.2, 0) is 16.1 Å². The molecule has 1 saturated heterocycles. The molecule has 11 heteroatoms. The fourth-order valence-corrected chi connectivity index (χ4v) is 5.23. The Hall–Kier alpha value is -3.79. The largest absolute Gasteiger partial charge is 0.496 e. The Morgan fingerprint density at radius 1 is 1.20 bits per heavy atom. The summed E-state index contributed by atoms with van der Waals surface area (Å²) in [6.45, 7) is 2.08. The average molecular weight is 571 g/mol. The second kappa shape index (κ2) is 13.5. The van der Waals surface area contributed by atoms with Gasteiger partial charge in [0.1, 0.15) is 11.9 Å². The van der Waals surface area contributed by atoms with Crippen LogP contribution in [0.4, 0.5) is 4.79 Å². The highest BCUT2D eigenvalue weighted by Gasteiger charge is 2.35. The number of halogens is 1. The van der Waals surface area contributed by atoms with Gasteiger partial charge in [0.15, 0.2) is 5.84 Å². The number of benzene rings is 2. The number of carboxylic acids is 1. The van der Waals surface area contributed by atoms with Gasteiger partial charge in [0.2, 0.25) is 5.91 Å². The Morgan fingerprint density at radius 2 is 1.93 bits per heavy atom. The molecule has 0 radical (unpaired) electrons. The molecular weight excluding hydrogens is 536 g/mol. The van der Waals surface area contributed by atoms with E-state index in [0.29, 0.717) is 29.4 Å². The van der Waals surface area contributed by atoms with Crippen LogP contribution in [0.5, 0.6) is 5.75 Å². The van der Waals surface area contributed by atoms with E-state index in [1.54, 1.807) is 37.4 Å². The number of rotatable bonds is 9. The molecule has 2 aromatic rings. The van der Waals surface area contributed by atoms with Crippen LogP contribution in [0.3, 0.4) is 0 Å². The summed E-state index contributed by atoms with van der Waals surface area (Å²) < 4.78 is 5.47. The summed E-state index contributed by atoms with van der Waals surface area (Å²) in [5.41, 5.74) is 1.64. The highest BCUT2D eigenvalue weighted by Crippen LogP contribution is 2.27. The van der Waals surface area contributed by atoms with Crippen molar-refractivity contribution in [3.8, 4) is 5.75 Å². The molecule has 3 N–H and O–H groups in total. The zero-order chi connectivity index (χ0) is 28.6. The minimum atomic E-state index is -1.03. The average Bonchev–Trinajstić information content (AvgIpc) is 3.43. The number of amides is 3. The van der Waals surface area contributed by atoms with Crippen molar-refractivity contribution in [3.63, 3.8) is 0 Å². The highest BCUT2D eigenvalue weighted by atomic mass is 35.5. The minimum absolute atomic E-state index is 0.0281. The number of urea groups is 1. The van der Waals surface area contributed by atoms with E-state index < -0.39 is 24.0 Å². The number of nitrogens with one attached hydrogen (secondary N) is 2. The van der Waals surface area contributed by atoms with E-state index in [0.717, 1.165) is 41.7 Å². The van der Waals surface area contributed by atoms with Crippen molar-refractivity contribution in [3.05, 3.63) is 64.2 Å². The molecule has 40 heavy (non-hydrogen) atoms. The topological polar surface area (TPSA) is 130 Å². The van der Waals surface area contributed by atoms with Gasteiger partial charge in [-0.15, -0.1) is 0 Å². The fraction of sp³-hybridized carbons (Fsp3) is 0.448. The third kappa shape index (κ3) is 7.24. The quantitative estimate of drug-likeness (QED) is 0.370. The van der Waals surface area contributed by atoms with E-state index in [2.05, 4.69) is 15.8 Å². The molecule has 0 bridgehead atoms. The Bertz CT molecular complexity index is 1250. The first kappa shape index (κ1) is 29.2. The maximum absolute atomic E-state index is 13.8. The van der Waals surface area contributed by atoms with Crippen molar-refractivity contribution in [2.24, 2.45) is 11.1 Å². The van der Waals surface area contributed by atoms with E-state index in [-0.39, 0.29) is 30.7 Å². The van der Waals surface area contributed by atoms with Crippen molar-refractivity contribution < 1.29 is 29.1 Å². The molecule has 10 nitrogen and oxygen atoms in total. The molecule has 1 heterocycles. The maximum atomic E-state index is 13.8. The lowest BCUT2D eigenvalue weighted by Gasteiger charge is -2.26. The van der Waals surface area contributed by atoms with Gasteiger partial charge in [-0.3, -0.25) is 9.69 Å². The number of hydrogen-bond acceptors (Lipinski definition) is 6. The molecule has 1 aliphatic carbocycles. The number of ether oxygens (including phenoxy) is 1. The van der Waals surface area contributed by atoms with Gasteiger partial charge in [0.05, 0.1) is 31.2 Å². The lowest BCUT2D eigenvalue weighted by atomic mass is 9.97. The molecule has 214 valence electrons. The summed E-state index contributed by atoms with van der Waals surface area (Å²) in [6.07, 6.45) is 4.89. The number of carbonyl (C=O) groups is 3. The molecule has 2 atom stereocenters. The number of aromatic carboxylic acids is 1. The summed E-state index contributed by atoms with van der Waals surface area (Å²) >= 11 is 6.23. The fourth-order valence-electron chi connectivity index (χ4n) is 5.03. The van der Waals surface area contributed by atoms with Crippen LogP contribution in [-0.4, -0.2) is 60.1 Å². The van der Waals surface area contributed by atoms with Gasteiger partial charge < -0.3 is 25.3 Å². The van der Waals surface area contributed by atoms with Crippen molar-refractivity contribution in [2.75, 3.05) is 20.2 Å². The number of carbonyl (C=O) groups excluding carboxylic acids is 2. The number of amidine groups is 1. The smallest absolute Gasteiger partial charge is 0.335 e. The molecule has 0 aromatic heterocycles. The van der Waals surface area contributed by atoms with Gasteiger partial charge in [-0.25, -0.2) is 9.59 Å². The van der Waals surface area contributed by atoms with Gasteiger partial charge in [-0.1, -0.05) is 35.8 Å². The minimum Gasteiger partial charge on any atom is -0.496 e. The number of imide groups is 1. The molecule has 0 spiro atoms. The number of oxime groups is 1. The van der Waals surface area contributed by atoms with Gasteiger partial charge in [-0.2, -0.15) is 0 Å². The summed E-state index contributed by atoms with van der Waals surface area (Å²) in [5.74, 6) is -0.997. The Labute approximate surface area is 238 Å². The Kier molecular flexibility index (Phi) is 9.87. The van der Waals surface area contributed by atoms with E-state index in [1.807, 2.05) is 6.92 Å². The SMILES string of the molecule is CC[C@@H](NC(=O)N1C/C(=N/OC2CCCC2)NC[C@@H](Cc2cc(Cl)ccc2OC)C1=O)c1ccc(C(=O)O)cc1. The monoisotopic (exact) mass is 570 g/mol. The van der Waals surface area contributed by atoms with Crippen LogP contribution in [0.1, 0.15) is 66.6 Å². The van der Waals surface area contributed by atoms with E-state index in [4.69, 9.17) is 21.2 Å². The zero-order valence-electron chi connectivity index (χ0n) is 22.7. The molecule has 2 fully saturated rings. The third-order valence-electron chi connectivity index (χ3n) is 7.31. The lowest BCUT2D eigenvalue weighted by molar-refractivity contribution is -0.131. The van der Waals surface area contributed by atoms with Crippen LogP contribution in [0.25, 0.3) is 0 Å². The van der Waals surface area contributed by atoms with Gasteiger partial charge in [0.25, 0.3) is 0 Å². The van der Waals surface area contributed by atoms with E-state index >= 15 is 0 Å². The van der Waals surface area contributed by atoms with Crippen molar-refractivity contribution >= 4 is 35.3 Å². The van der Waals surface area contributed by atoms with E-state index in [9.17, 15) is 19.5 Å². The van der Waals surface area contributed by atoms with Crippen molar-refractivity contribution in [2.45, 2.75) is 57.6 Å². The zero-order valence-corrected chi connectivity index (χ0v) is 23.4. The molecule has 2 aromatic carbocycles. The summed E-state index contributed by atoms with van der Waals surface area (Å²) in [6, 6.07) is 10.5. The molecule has 2 aliphatic rings. The van der Waals surface area contributed by atoms with Crippen LogP contribution in [0.15, 0.2) is 47.6 Å². The van der Waals surface area contributed by atoms with Gasteiger partial charge in [-0.05, 0) is 80.0 Å². The van der Waals surface area contributed by atoms with Crippen molar-refractivity contribution in [1.29, 1.82) is 0 Å². The molecular formula is C29H35ClN4O6. The predicted molar refractivity (Wildman–Crippen MR) is 151 cm³/mol. The first-order valence-corrected chi connectivity index (χ1v) is 13.9. The predicted octanol–water partition coefficient (Wildman–Crippen LogP) is 4.77. The maximum Gasteiger partial charge on any atom is 0.335 e. The summed E-state index contributed by atoms with van der Waals surface area (Å²) in [7, 11) is 1.55. The van der Waals surface area contributed by atoms with Gasteiger partial charge >= 0.3 is 12.0 Å². The van der Waals surface area contributed by atoms with Gasteiger partial charge in [0, 0.05) is 11.6 Å². The Balaban J connectivity index is 1.57. The molecule has 1 saturated carbocycles. The summed E-state index contributed by atoms with van der Waals surface area (Å²) in [4.78, 5) is 45.5. The number of hydrogen-bond donors (Lipinski definition) is 3. The van der Waals surface area contributed by atoms with Crippen LogP contribution >= 0.6 is 11.6 Å². The van der Waals surface area contributed by atoms with E-state index in [1.165, 1.54) is 12.1 Å². The molecule has 3 amide bonds. The highest BCUT2D eigenvalue weighted by molar-refractivity contribution is 6.30. The second-order valence-electron chi connectivity index (χ2n) is 10.0. The molecule has 1 aliphatic heterocycles. The van der Waals surface area contributed by atoms with Crippen molar-refractivity contribution in [1.82, 2.24) is 15.5 Å². The first-order valence-electron chi connectivity index (χ1n) is 13.5. The van der Waals surface area contributed by atoms with Crippen LogP contribution < -0.4 is 15.4 Å². The lowest BCUT2D eigenvalue weighted by Crippen LogP contribution is -2.48. The van der Waals surface area contributed by atoms with Crippen LogP contribution in [0, 0.1) is 5.92 Å². The molecule has 0 unspecified atom stereocenters. The molecule has 4 rings (SSSR count). The first-order chi connectivity index (χ1) is 19.3. The summed E-state index contributed by atoms with van der Waals surface area (Å²) in [5, 5.41) is 20.2. The third-order valence-corrected chi connectivity index (χ3v) is 7.54. The number of carboxylic acid groups (broad SMARTS) is 1. The second-order valence-corrected chi connectivity index (χ2v) is 10.5.